The molecule has 0 bridgehead atoms. The predicted molar refractivity (Wildman–Crippen MR) is 55.3 cm³/mol. The number of ether oxygens (including phenoxy) is 2. The van der Waals surface area contributed by atoms with Crippen LogP contribution >= 0.6 is 0 Å². The van der Waals surface area contributed by atoms with Gasteiger partial charge in [0, 0.05) is 19.2 Å². The van der Waals surface area contributed by atoms with Gasteiger partial charge < -0.3 is 14.8 Å². The van der Waals surface area contributed by atoms with Crippen LogP contribution in [0.4, 0.5) is 0 Å². The van der Waals surface area contributed by atoms with Gasteiger partial charge in [0.15, 0.2) is 0 Å². The van der Waals surface area contributed by atoms with E-state index in [2.05, 4.69) is 11.9 Å². The zero-order chi connectivity index (χ0) is 9.80. The van der Waals surface area contributed by atoms with E-state index in [0.717, 1.165) is 37.8 Å². The number of nitrogens with one attached hydrogen (secondary N) is 1. The van der Waals surface area contributed by atoms with E-state index in [0.29, 0.717) is 12.7 Å². The maximum atomic E-state index is 5.65. The molecule has 2 aliphatic rings. The molecule has 0 aromatic heterocycles. The fourth-order valence-corrected chi connectivity index (χ4v) is 1.51. The molecular formula is C11H19NO2. The summed E-state index contributed by atoms with van der Waals surface area (Å²) in [4.78, 5) is 0. The average Bonchev–Trinajstić information content (AvgIpc) is 2.87. The van der Waals surface area contributed by atoms with E-state index in [4.69, 9.17) is 9.47 Å². The molecule has 2 fully saturated rings. The molecule has 1 heterocycles. The van der Waals surface area contributed by atoms with Gasteiger partial charge in [0.25, 0.3) is 0 Å². The quantitative estimate of drug-likeness (QED) is 0.647. The van der Waals surface area contributed by atoms with Crippen LogP contribution in [-0.2, 0) is 9.47 Å². The van der Waals surface area contributed by atoms with Crippen molar-refractivity contribution >= 4 is 0 Å². The molecule has 1 atom stereocenters. The summed E-state index contributed by atoms with van der Waals surface area (Å²) in [6, 6.07) is 0.751. The smallest absolute Gasteiger partial charge is 0.0834 e. The highest BCUT2D eigenvalue weighted by Gasteiger charge is 2.20. The van der Waals surface area contributed by atoms with Gasteiger partial charge in [-0.05, 0) is 24.8 Å². The van der Waals surface area contributed by atoms with Gasteiger partial charge in [0.2, 0.25) is 0 Å². The molecular weight excluding hydrogens is 178 g/mol. The van der Waals surface area contributed by atoms with Crippen molar-refractivity contribution in [1.29, 1.82) is 0 Å². The van der Waals surface area contributed by atoms with E-state index < -0.39 is 0 Å². The molecule has 3 nitrogen and oxygen atoms in total. The summed E-state index contributed by atoms with van der Waals surface area (Å²) < 4.78 is 10.9. The van der Waals surface area contributed by atoms with E-state index >= 15 is 0 Å². The van der Waals surface area contributed by atoms with Crippen LogP contribution in [0.5, 0.6) is 0 Å². The summed E-state index contributed by atoms with van der Waals surface area (Å²) in [7, 11) is 0. The molecule has 1 aliphatic heterocycles. The van der Waals surface area contributed by atoms with Gasteiger partial charge in [0.05, 0.1) is 19.3 Å². The monoisotopic (exact) mass is 197 g/mol. The van der Waals surface area contributed by atoms with Gasteiger partial charge in [-0.1, -0.05) is 6.58 Å². The maximum absolute atomic E-state index is 5.65. The van der Waals surface area contributed by atoms with Gasteiger partial charge in [-0.15, -0.1) is 0 Å². The molecule has 14 heavy (non-hydrogen) atoms. The minimum atomic E-state index is 0.299. The maximum Gasteiger partial charge on any atom is 0.0834 e. The minimum absolute atomic E-state index is 0.299. The molecule has 80 valence electrons. The Morgan fingerprint density at radius 1 is 1.43 bits per heavy atom. The van der Waals surface area contributed by atoms with E-state index in [-0.39, 0.29) is 0 Å². The average molecular weight is 197 g/mol. The molecule has 1 saturated carbocycles. The molecule has 0 radical (unpaired) electrons. The van der Waals surface area contributed by atoms with Crippen LogP contribution in [-0.4, -0.2) is 38.5 Å². The molecule has 1 N–H and O–H groups in total. The Labute approximate surface area is 85.5 Å². The highest BCUT2D eigenvalue weighted by atomic mass is 16.5. The Kier molecular flexibility index (Phi) is 3.56. The molecule has 2 rings (SSSR count). The van der Waals surface area contributed by atoms with Crippen molar-refractivity contribution < 1.29 is 9.47 Å². The molecule has 0 spiro atoms. The fraction of sp³-hybridized carbons (Fsp3) is 0.818. The van der Waals surface area contributed by atoms with Gasteiger partial charge >= 0.3 is 0 Å². The van der Waals surface area contributed by atoms with Gasteiger partial charge in [-0.3, -0.25) is 0 Å². The van der Waals surface area contributed by atoms with Crippen LogP contribution in [0.15, 0.2) is 12.2 Å². The largest absolute Gasteiger partial charge is 0.379 e. The fourth-order valence-electron chi connectivity index (χ4n) is 1.51. The standard InChI is InChI=1S/C11H19NO2/c1-9(6-12-10-2-3-10)7-14-11-4-5-13-8-11/h10-12H,1-8H2. The van der Waals surface area contributed by atoms with Crippen LogP contribution in [0.25, 0.3) is 0 Å². The number of hydrogen-bond donors (Lipinski definition) is 1. The first-order valence-corrected chi connectivity index (χ1v) is 5.44. The van der Waals surface area contributed by atoms with Gasteiger partial charge in [-0.2, -0.15) is 0 Å². The lowest BCUT2D eigenvalue weighted by atomic mass is 10.3. The molecule has 1 unspecified atom stereocenters. The van der Waals surface area contributed by atoms with E-state index in [9.17, 15) is 0 Å². The summed E-state index contributed by atoms with van der Waals surface area (Å²) in [6.07, 6.45) is 3.98. The lowest BCUT2D eigenvalue weighted by molar-refractivity contribution is 0.0559. The Bertz CT molecular complexity index is 195. The first kappa shape index (κ1) is 10.1. The van der Waals surface area contributed by atoms with E-state index in [1.165, 1.54) is 12.8 Å². The lowest BCUT2D eigenvalue weighted by Crippen LogP contribution is -2.22. The highest BCUT2D eigenvalue weighted by Crippen LogP contribution is 2.18. The van der Waals surface area contributed by atoms with Crippen LogP contribution < -0.4 is 5.32 Å². The third-order valence-electron chi connectivity index (χ3n) is 2.63. The summed E-state index contributed by atoms with van der Waals surface area (Å²) >= 11 is 0. The van der Waals surface area contributed by atoms with Crippen molar-refractivity contribution in [2.24, 2.45) is 0 Å². The Morgan fingerprint density at radius 2 is 2.29 bits per heavy atom. The summed E-state index contributed by atoms with van der Waals surface area (Å²) in [5.74, 6) is 0. The second-order valence-electron chi connectivity index (χ2n) is 4.20. The van der Waals surface area contributed by atoms with Crippen molar-refractivity contribution in [2.45, 2.75) is 31.4 Å². The van der Waals surface area contributed by atoms with Crippen LogP contribution in [0.1, 0.15) is 19.3 Å². The third kappa shape index (κ3) is 3.40. The van der Waals surface area contributed by atoms with Crippen LogP contribution in [0.3, 0.4) is 0 Å². The summed E-state index contributed by atoms with van der Waals surface area (Å²) in [6.45, 7) is 7.16. The van der Waals surface area contributed by atoms with Crippen molar-refractivity contribution in [3.8, 4) is 0 Å². The first-order chi connectivity index (χ1) is 6.84. The normalized spacial score (nSPS) is 26.7. The van der Waals surface area contributed by atoms with Gasteiger partial charge in [0.1, 0.15) is 0 Å². The van der Waals surface area contributed by atoms with E-state index in [1.54, 1.807) is 0 Å². The van der Waals surface area contributed by atoms with Crippen molar-refractivity contribution in [1.82, 2.24) is 5.32 Å². The Hall–Kier alpha value is -0.380. The Morgan fingerprint density at radius 3 is 2.93 bits per heavy atom. The molecule has 1 saturated heterocycles. The zero-order valence-electron chi connectivity index (χ0n) is 8.63. The highest BCUT2D eigenvalue weighted by molar-refractivity contribution is 4.99. The molecule has 1 aliphatic carbocycles. The minimum Gasteiger partial charge on any atom is -0.379 e. The molecule has 0 amide bonds. The van der Waals surface area contributed by atoms with E-state index in [1.807, 2.05) is 0 Å². The zero-order valence-corrected chi connectivity index (χ0v) is 8.63. The van der Waals surface area contributed by atoms with Crippen LogP contribution in [0.2, 0.25) is 0 Å². The third-order valence-corrected chi connectivity index (χ3v) is 2.63. The summed E-state index contributed by atoms with van der Waals surface area (Å²) in [5.41, 5.74) is 1.14. The van der Waals surface area contributed by atoms with Gasteiger partial charge in [-0.25, -0.2) is 0 Å². The number of rotatable bonds is 6. The van der Waals surface area contributed by atoms with Crippen molar-refractivity contribution in [3.05, 3.63) is 12.2 Å². The molecule has 0 aromatic carbocycles. The van der Waals surface area contributed by atoms with Crippen molar-refractivity contribution in [3.63, 3.8) is 0 Å². The second kappa shape index (κ2) is 4.91. The van der Waals surface area contributed by atoms with Crippen LogP contribution in [0, 0.1) is 0 Å². The lowest BCUT2D eigenvalue weighted by Gasteiger charge is -2.11. The molecule has 3 heteroatoms. The molecule has 0 aromatic rings. The Balaban J connectivity index is 1.52. The topological polar surface area (TPSA) is 30.5 Å². The first-order valence-electron chi connectivity index (χ1n) is 5.44. The SMILES string of the molecule is C=C(CNC1CC1)COC1CCOC1. The second-order valence-corrected chi connectivity index (χ2v) is 4.20. The number of hydrogen-bond acceptors (Lipinski definition) is 3. The predicted octanol–water partition coefficient (Wildman–Crippen LogP) is 1.10. The summed E-state index contributed by atoms with van der Waals surface area (Å²) in [5, 5.41) is 3.42. The van der Waals surface area contributed by atoms with Crippen molar-refractivity contribution in [2.75, 3.05) is 26.4 Å².